The predicted molar refractivity (Wildman–Crippen MR) is 53.4 cm³/mol. The third kappa shape index (κ3) is 2.46. The van der Waals surface area contributed by atoms with Crippen molar-refractivity contribution in [2.45, 2.75) is 45.2 Å². The van der Waals surface area contributed by atoms with E-state index in [1.165, 1.54) is 25.8 Å². The number of likely N-dealkylation sites (N-methyl/N-ethyl adjacent to an activating group) is 1. The highest BCUT2D eigenvalue weighted by Crippen LogP contribution is 2.12. The van der Waals surface area contributed by atoms with Gasteiger partial charge in [-0.3, -0.25) is 0 Å². The molecule has 1 saturated heterocycles. The van der Waals surface area contributed by atoms with Gasteiger partial charge in [-0.25, -0.2) is 0 Å². The van der Waals surface area contributed by atoms with E-state index in [1.54, 1.807) is 0 Å². The number of rotatable bonds is 3. The Labute approximate surface area is 76.3 Å². The van der Waals surface area contributed by atoms with E-state index >= 15 is 0 Å². The average molecular weight is 170 g/mol. The standard InChI is InChI=1S/C10H22N2/c1-4-5-6-10-9(2)12(3)8-7-11-10/h9-11H,4-8H2,1-3H3. The molecule has 0 amide bonds. The highest BCUT2D eigenvalue weighted by Gasteiger charge is 2.23. The van der Waals surface area contributed by atoms with Crippen molar-refractivity contribution in [1.82, 2.24) is 10.2 Å². The fraction of sp³-hybridized carbons (Fsp3) is 1.00. The number of hydrogen-bond donors (Lipinski definition) is 1. The van der Waals surface area contributed by atoms with Crippen LogP contribution in [0.5, 0.6) is 0 Å². The second kappa shape index (κ2) is 4.83. The van der Waals surface area contributed by atoms with Crippen LogP contribution in [0.2, 0.25) is 0 Å². The lowest BCUT2D eigenvalue weighted by Crippen LogP contribution is -2.54. The van der Waals surface area contributed by atoms with Gasteiger partial charge in [0.15, 0.2) is 0 Å². The van der Waals surface area contributed by atoms with E-state index in [9.17, 15) is 0 Å². The zero-order valence-corrected chi connectivity index (χ0v) is 8.64. The zero-order valence-electron chi connectivity index (χ0n) is 8.64. The number of nitrogens with one attached hydrogen (secondary N) is 1. The molecule has 2 heteroatoms. The molecule has 0 aromatic carbocycles. The van der Waals surface area contributed by atoms with E-state index < -0.39 is 0 Å². The van der Waals surface area contributed by atoms with Crippen LogP contribution in [0.25, 0.3) is 0 Å². The summed E-state index contributed by atoms with van der Waals surface area (Å²) in [5.74, 6) is 0. The van der Waals surface area contributed by atoms with E-state index in [4.69, 9.17) is 0 Å². The fourth-order valence-electron chi connectivity index (χ4n) is 1.87. The van der Waals surface area contributed by atoms with Crippen LogP contribution < -0.4 is 5.32 Å². The molecular weight excluding hydrogens is 148 g/mol. The predicted octanol–water partition coefficient (Wildman–Crippen LogP) is 1.47. The molecule has 0 aromatic heterocycles. The SMILES string of the molecule is CCCCC1NCCN(C)C1C. The third-order valence-corrected chi connectivity index (χ3v) is 3.02. The van der Waals surface area contributed by atoms with Gasteiger partial charge in [-0.05, 0) is 20.4 Å². The smallest absolute Gasteiger partial charge is 0.0221 e. The van der Waals surface area contributed by atoms with E-state index in [-0.39, 0.29) is 0 Å². The fourth-order valence-corrected chi connectivity index (χ4v) is 1.87. The molecule has 0 bridgehead atoms. The topological polar surface area (TPSA) is 15.3 Å². The lowest BCUT2D eigenvalue weighted by molar-refractivity contribution is 0.157. The van der Waals surface area contributed by atoms with Crippen molar-refractivity contribution in [2.75, 3.05) is 20.1 Å². The van der Waals surface area contributed by atoms with Crippen LogP contribution >= 0.6 is 0 Å². The minimum absolute atomic E-state index is 0.713. The normalized spacial score (nSPS) is 32.2. The molecule has 72 valence electrons. The van der Waals surface area contributed by atoms with Crippen LogP contribution in [0.4, 0.5) is 0 Å². The van der Waals surface area contributed by atoms with Gasteiger partial charge in [-0.2, -0.15) is 0 Å². The first-order valence-corrected chi connectivity index (χ1v) is 5.19. The van der Waals surface area contributed by atoms with Crippen molar-refractivity contribution in [3.8, 4) is 0 Å². The first-order valence-electron chi connectivity index (χ1n) is 5.19. The molecular formula is C10H22N2. The summed E-state index contributed by atoms with van der Waals surface area (Å²) in [5, 5.41) is 3.59. The Balaban J connectivity index is 2.30. The van der Waals surface area contributed by atoms with E-state index in [1.807, 2.05) is 0 Å². The second-order valence-electron chi connectivity index (χ2n) is 3.92. The molecule has 1 heterocycles. The monoisotopic (exact) mass is 170 g/mol. The molecule has 12 heavy (non-hydrogen) atoms. The number of nitrogens with zero attached hydrogens (tertiary/aromatic N) is 1. The summed E-state index contributed by atoms with van der Waals surface area (Å²) >= 11 is 0. The molecule has 1 rings (SSSR count). The summed E-state index contributed by atoms with van der Waals surface area (Å²) in [7, 11) is 2.23. The van der Waals surface area contributed by atoms with Gasteiger partial charge in [0.1, 0.15) is 0 Å². The minimum Gasteiger partial charge on any atom is -0.311 e. The Morgan fingerprint density at radius 3 is 2.92 bits per heavy atom. The Hall–Kier alpha value is -0.0800. The molecule has 0 radical (unpaired) electrons. The summed E-state index contributed by atoms with van der Waals surface area (Å²) in [6.07, 6.45) is 4.01. The van der Waals surface area contributed by atoms with Gasteiger partial charge >= 0.3 is 0 Å². The minimum atomic E-state index is 0.713. The molecule has 2 nitrogen and oxygen atoms in total. The van der Waals surface area contributed by atoms with Crippen LogP contribution in [0.1, 0.15) is 33.1 Å². The number of unbranched alkanes of at least 4 members (excludes halogenated alkanes) is 1. The molecule has 2 atom stereocenters. The first-order chi connectivity index (χ1) is 5.75. The maximum Gasteiger partial charge on any atom is 0.0221 e. The van der Waals surface area contributed by atoms with Gasteiger partial charge in [0.05, 0.1) is 0 Å². The van der Waals surface area contributed by atoms with Crippen molar-refractivity contribution >= 4 is 0 Å². The Morgan fingerprint density at radius 2 is 2.25 bits per heavy atom. The zero-order chi connectivity index (χ0) is 8.97. The van der Waals surface area contributed by atoms with Gasteiger partial charge in [-0.15, -0.1) is 0 Å². The maximum absolute atomic E-state index is 3.59. The first kappa shape index (κ1) is 10.0. The van der Waals surface area contributed by atoms with Crippen LogP contribution in [0.15, 0.2) is 0 Å². The summed E-state index contributed by atoms with van der Waals surface area (Å²) in [5.41, 5.74) is 0. The van der Waals surface area contributed by atoms with E-state index in [0.717, 1.165) is 12.6 Å². The molecule has 1 aliphatic rings. The molecule has 1 fully saturated rings. The molecule has 2 unspecified atom stereocenters. The molecule has 0 spiro atoms. The molecule has 1 N–H and O–H groups in total. The summed E-state index contributed by atoms with van der Waals surface area (Å²) in [6.45, 7) is 6.95. The van der Waals surface area contributed by atoms with E-state index in [2.05, 4.69) is 31.1 Å². The lowest BCUT2D eigenvalue weighted by Gasteiger charge is -2.37. The lowest BCUT2D eigenvalue weighted by atomic mass is 10.0. The Bertz CT molecular complexity index is 125. The summed E-state index contributed by atoms with van der Waals surface area (Å²) < 4.78 is 0. The maximum atomic E-state index is 3.59. The summed E-state index contributed by atoms with van der Waals surface area (Å²) in [6, 6.07) is 1.44. The quantitative estimate of drug-likeness (QED) is 0.690. The Morgan fingerprint density at radius 1 is 1.50 bits per heavy atom. The van der Waals surface area contributed by atoms with Crippen molar-refractivity contribution in [3.63, 3.8) is 0 Å². The van der Waals surface area contributed by atoms with Crippen LogP contribution in [0.3, 0.4) is 0 Å². The highest BCUT2D eigenvalue weighted by atomic mass is 15.2. The third-order valence-electron chi connectivity index (χ3n) is 3.02. The van der Waals surface area contributed by atoms with Crippen LogP contribution in [-0.2, 0) is 0 Å². The van der Waals surface area contributed by atoms with Crippen molar-refractivity contribution in [1.29, 1.82) is 0 Å². The van der Waals surface area contributed by atoms with Crippen molar-refractivity contribution in [2.24, 2.45) is 0 Å². The average Bonchev–Trinajstić information content (AvgIpc) is 2.08. The Kier molecular flexibility index (Phi) is 4.02. The summed E-state index contributed by atoms with van der Waals surface area (Å²) in [4.78, 5) is 2.46. The molecule has 1 aliphatic heterocycles. The molecule has 0 saturated carbocycles. The number of piperazine rings is 1. The van der Waals surface area contributed by atoms with Crippen LogP contribution in [-0.4, -0.2) is 37.1 Å². The van der Waals surface area contributed by atoms with Crippen molar-refractivity contribution < 1.29 is 0 Å². The van der Waals surface area contributed by atoms with Crippen molar-refractivity contribution in [3.05, 3.63) is 0 Å². The number of hydrogen-bond acceptors (Lipinski definition) is 2. The van der Waals surface area contributed by atoms with Gasteiger partial charge < -0.3 is 10.2 Å². The second-order valence-corrected chi connectivity index (χ2v) is 3.92. The van der Waals surface area contributed by atoms with Crippen LogP contribution in [0, 0.1) is 0 Å². The highest BCUT2D eigenvalue weighted by molar-refractivity contribution is 4.84. The molecule has 0 aromatic rings. The molecule has 0 aliphatic carbocycles. The van der Waals surface area contributed by atoms with Gasteiger partial charge in [0.2, 0.25) is 0 Å². The largest absolute Gasteiger partial charge is 0.311 e. The van der Waals surface area contributed by atoms with Gasteiger partial charge in [0.25, 0.3) is 0 Å². The van der Waals surface area contributed by atoms with Gasteiger partial charge in [0, 0.05) is 25.2 Å². The van der Waals surface area contributed by atoms with Gasteiger partial charge in [-0.1, -0.05) is 19.8 Å². The van der Waals surface area contributed by atoms with E-state index in [0.29, 0.717) is 6.04 Å².